The van der Waals surface area contributed by atoms with E-state index < -0.39 is 0 Å². The van der Waals surface area contributed by atoms with Gasteiger partial charge in [-0.1, -0.05) is 26.0 Å². The van der Waals surface area contributed by atoms with Crippen LogP contribution in [0.5, 0.6) is 5.75 Å². The molecule has 6 rings (SSSR count). The van der Waals surface area contributed by atoms with E-state index in [0.29, 0.717) is 22.6 Å². The van der Waals surface area contributed by atoms with Gasteiger partial charge < -0.3 is 18.9 Å². The van der Waals surface area contributed by atoms with Crippen LogP contribution in [0.2, 0.25) is 0 Å². The number of para-hydroxylation sites is 1. The molecule has 5 aliphatic rings. The van der Waals surface area contributed by atoms with Crippen LogP contribution in [-0.2, 0) is 9.31 Å². The van der Waals surface area contributed by atoms with E-state index in [-0.39, 0.29) is 30.7 Å². The Morgan fingerprint density at radius 2 is 2.04 bits per heavy atom. The van der Waals surface area contributed by atoms with Crippen molar-refractivity contribution in [2.24, 2.45) is 17.3 Å². The van der Waals surface area contributed by atoms with Gasteiger partial charge in [0.1, 0.15) is 5.75 Å². The molecule has 3 saturated carbocycles. The lowest BCUT2D eigenvalue weighted by Gasteiger charge is -2.64. The molecule has 2 saturated heterocycles. The third-order valence-corrected chi connectivity index (χ3v) is 8.18. The van der Waals surface area contributed by atoms with Gasteiger partial charge in [-0.05, 0) is 62.0 Å². The minimum atomic E-state index is -0.327. The van der Waals surface area contributed by atoms with E-state index in [4.69, 9.17) is 14.0 Å². The smallest absolute Gasteiger partial charge is 0.481 e. The molecule has 1 aromatic carbocycles. The SMILES string of the molecule is COc1ccccc1C(=O)N1CCCC1B1OC2CC3CC(C3(C)C)C2(C)O1. The number of benzene rings is 1. The van der Waals surface area contributed by atoms with Crippen molar-refractivity contribution >= 4 is 13.0 Å². The number of hydrogen-bond acceptors (Lipinski definition) is 4. The zero-order chi connectivity index (χ0) is 19.7. The molecule has 2 aliphatic heterocycles. The molecule has 2 bridgehead atoms. The molecule has 0 N–H and O–H groups in total. The Labute approximate surface area is 167 Å². The van der Waals surface area contributed by atoms with Crippen molar-refractivity contribution in [2.75, 3.05) is 13.7 Å². The second-order valence-electron chi connectivity index (χ2n) is 9.75. The van der Waals surface area contributed by atoms with E-state index in [1.807, 2.05) is 29.2 Å². The summed E-state index contributed by atoms with van der Waals surface area (Å²) in [5.74, 6) is 1.87. The standard InChI is InChI=1S/C22H30BNO4/c1-21(2)14-12-17(21)22(3)18(13-14)27-23(28-22)19-10-7-11-24(19)20(25)15-8-5-6-9-16(15)26-4/h5-6,8-9,14,17-19H,7,10-13H2,1-4H3. The van der Waals surface area contributed by atoms with Gasteiger partial charge >= 0.3 is 7.12 Å². The van der Waals surface area contributed by atoms with Crippen molar-refractivity contribution in [2.45, 2.75) is 64.1 Å². The summed E-state index contributed by atoms with van der Waals surface area (Å²) in [5.41, 5.74) is 0.707. The van der Waals surface area contributed by atoms with Gasteiger partial charge in [-0.25, -0.2) is 0 Å². The molecule has 150 valence electrons. The molecule has 0 aromatic heterocycles. The number of nitrogens with zero attached hydrogens (tertiary/aromatic N) is 1. The highest BCUT2D eigenvalue weighted by atomic mass is 16.7. The van der Waals surface area contributed by atoms with Gasteiger partial charge in [0.05, 0.1) is 30.3 Å². The molecule has 0 spiro atoms. The molecular formula is C22H30BNO4. The van der Waals surface area contributed by atoms with Crippen molar-refractivity contribution in [3.63, 3.8) is 0 Å². The molecule has 5 atom stereocenters. The van der Waals surface area contributed by atoms with Crippen molar-refractivity contribution in [1.82, 2.24) is 4.90 Å². The molecule has 6 heteroatoms. The van der Waals surface area contributed by atoms with E-state index >= 15 is 0 Å². The average molecular weight is 383 g/mol. The number of amides is 1. The molecule has 28 heavy (non-hydrogen) atoms. The first-order valence-corrected chi connectivity index (χ1v) is 10.6. The lowest BCUT2D eigenvalue weighted by atomic mass is 9.43. The monoisotopic (exact) mass is 383 g/mol. The van der Waals surface area contributed by atoms with Gasteiger partial charge in [-0.2, -0.15) is 0 Å². The van der Waals surface area contributed by atoms with Crippen LogP contribution in [-0.4, -0.2) is 49.2 Å². The number of ether oxygens (including phenoxy) is 1. The van der Waals surface area contributed by atoms with E-state index in [0.717, 1.165) is 31.7 Å². The molecule has 5 nitrogen and oxygen atoms in total. The summed E-state index contributed by atoms with van der Waals surface area (Å²) >= 11 is 0. The predicted octanol–water partition coefficient (Wildman–Crippen LogP) is 3.57. The Balaban J connectivity index is 1.38. The number of rotatable bonds is 3. The Kier molecular flexibility index (Phi) is 4.12. The van der Waals surface area contributed by atoms with E-state index in [2.05, 4.69) is 20.8 Å². The first kappa shape index (κ1) is 18.5. The normalized spacial score (nSPS) is 38.1. The Hall–Kier alpha value is -1.53. The van der Waals surface area contributed by atoms with E-state index in [1.54, 1.807) is 7.11 Å². The second-order valence-corrected chi connectivity index (χ2v) is 9.75. The Morgan fingerprint density at radius 3 is 2.79 bits per heavy atom. The van der Waals surface area contributed by atoms with E-state index in [9.17, 15) is 4.79 Å². The summed E-state index contributed by atoms with van der Waals surface area (Å²) in [6.07, 6.45) is 4.37. The molecule has 5 unspecified atom stereocenters. The fraction of sp³-hybridized carbons (Fsp3) is 0.682. The topological polar surface area (TPSA) is 48.0 Å². The minimum absolute atomic E-state index is 0.0109. The van der Waals surface area contributed by atoms with Gasteiger partial charge in [-0.3, -0.25) is 4.79 Å². The largest absolute Gasteiger partial charge is 0.496 e. The number of carbonyl (C=O) groups is 1. The number of carbonyl (C=O) groups excluding carboxylic acids is 1. The van der Waals surface area contributed by atoms with Gasteiger partial charge in [-0.15, -0.1) is 0 Å². The molecule has 0 radical (unpaired) electrons. The maximum atomic E-state index is 13.3. The summed E-state index contributed by atoms with van der Waals surface area (Å²) in [6.45, 7) is 7.72. The zero-order valence-corrected chi connectivity index (χ0v) is 17.3. The van der Waals surface area contributed by atoms with Crippen LogP contribution in [0.1, 0.15) is 56.8 Å². The van der Waals surface area contributed by atoms with Crippen LogP contribution >= 0.6 is 0 Å². The lowest BCUT2D eigenvalue weighted by Crippen LogP contribution is -2.65. The van der Waals surface area contributed by atoms with Crippen LogP contribution < -0.4 is 4.74 Å². The summed E-state index contributed by atoms with van der Waals surface area (Å²) in [6, 6.07) is 7.45. The molecule has 2 heterocycles. The average Bonchev–Trinajstić information content (AvgIpc) is 3.30. The fourth-order valence-corrected chi connectivity index (χ4v) is 6.37. The van der Waals surface area contributed by atoms with Crippen molar-refractivity contribution in [3.8, 4) is 5.75 Å². The van der Waals surface area contributed by atoms with Crippen LogP contribution in [0.15, 0.2) is 24.3 Å². The van der Waals surface area contributed by atoms with Gasteiger partial charge in [0.2, 0.25) is 0 Å². The zero-order valence-electron chi connectivity index (χ0n) is 17.3. The lowest BCUT2D eigenvalue weighted by molar-refractivity contribution is -0.199. The first-order chi connectivity index (χ1) is 13.4. The number of likely N-dealkylation sites (tertiary alicyclic amines) is 1. The second kappa shape index (κ2) is 6.23. The van der Waals surface area contributed by atoms with Crippen LogP contribution in [0, 0.1) is 17.3 Å². The third kappa shape index (κ3) is 2.43. The van der Waals surface area contributed by atoms with Crippen molar-refractivity contribution < 1.29 is 18.8 Å². The molecule has 3 aliphatic carbocycles. The summed E-state index contributed by atoms with van der Waals surface area (Å²) in [7, 11) is 1.28. The highest BCUT2D eigenvalue weighted by Gasteiger charge is 2.69. The van der Waals surface area contributed by atoms with Gasteiger partial charge in [0.25, 0.3) is 5.91 Å². The molecular weight excluding hydrogens is 353 g/mol. The summed E-state index contributed by atoms with van der Waals surface area (Å²) < 4.78 is 18.5. The number of methoxy groups -OCH3 is 1. The Bertz CT molecular complexity index is 798. The van der Waals surface area contributed by atoms with Gasteiger partial charge in [0, 0.05) is 6.54 Å². The van der Waals surface area contributed by atoms with Crippen molar-refractivity contribution in [1.29, 1.82) is 0 Å². The molecule has 1 amide bonds. The predicted molar refractivity (Wildman–Crippen MR) is 107 cm³/mol. The van der Waals surface area contributed by atoms with Crippen LogP contribution in [0.4, 0.5) is 0 Å². The van der Waals surface area contributed by atoms with E-state index in [1.165, 1.54) is 6.42 Å². The maximum absolute atomic E-state index is 13.3. The quantitative estimate of drug-likeness (QED) is 0.749. The summed E-state index contributed by atoms with van der Waals surface area (Å²) in [4.78, 5) is 15.2. The highest BCUT2D eigenvalue weighted by Crippen LogP contribution is 2.65. The fourth-order valence-electron chi connectivity index (χ4n) is 6.37. The van der Waals surface area contributed by atoms with Crippen LogP contribution in [0.25, 0.3) is 0 Å². The Morgan fingerprint density at radius 1 is 1.25 bits per heavy atom. The third-order valence-electron chi connectivity index (χ3n) is 8.18. The summed E-state index contributed by atoms with van der Waals surface area (Å²) in [5, 5.41) is 0. The first-order valence-electron chi connectivity index (χ1n) is 10.6. The van der Waals surface area contributed by atoms with Gasteiger partial charge in [0.15, 0.2) is 0 Å². The molecule has 1 aromatic rings. The minimum Gasteiger partial charge on any atom is -0.496 e. The van der Waals surface area contributed by atoms with Crippen LogP contribution in [0.3, 0.4) is 0 Å². The highest BCUT2D eigenvalue weighted by molar-refractivity contribution is 6.48. The maximum Gasteiger partial charge on any atom is 0.481 e. The molecule has 5 fully saturated rings. The number of hydrogen-bond donors (Lipinski definition) is 0. The van der Waals surface area contributed by atoms with Crippen molar-refractivity contribution in [3.05, 3.63) is 29.8 Å².